The number of aliphatic imine (C=N–C) groups is 1. The quantitative estimate of drug-likeness (QED) is 0.492. The van der Waals surface area contributed by atoms with Crippen LogP contribution in [-0.4, -0.2) is 26.7 Å². The van der Waals surface area contributed by atoms with Gasteiger partial charge in [0.15, 0.2) is 5.82 Å². The summed E-state index contributed by atoms with van der Waals surface area (Å²) in [4.78, 5) is 18.9. The van der Waals surface area contributed by atoms with E-state index < -0.39 is 5.54 Å². The van der Waals surface area contributed by atoms with Crippen LogP contribution in [-0.2, 0) is 10.3 Å². The number of hydrogen-bond donors (Lipinski definition) is 1. The summed E-state index contributed by atoms with van der Waals surface area (Å²) in [6.07, 6.45) is 0. The normalized spacial score (nSPS) is 19.7. The first-order chi connectivity index (χ1) is 16.7. The van der Waals surface area contributed by atoms with Gasteiger partial charge in [-0.3, -0.25) is 4.79 Å². The standard InChI is InChI=1S/C25H18N8O/c1-16-21-22(31(28-16)17-10-4-2-5-11-17)27-24-32(18-12-6-3-7-13-18)29-30-33(24)25(21)19-14-8-9-15-20(19)26-23(25)34/h2-15H,1H3,(H,26,34)/t25-/m0/s1. The Hall–Kier alpha value is -4.79. The maximum absolute atomic E-state index is 13.9. The second kappa shape index (κ2) is 6.61. The lowest BCUT2D eigenvalue weighted by atomic mass is 9.82. The lowest BCUT2D eigenvalue weighted by molar-refractivity contribution is -0.123. The van der Waals surface area contributed by atoms with Gasteiger partial charge in [0.05, 0.1) is 22.6 Å². The van der Waals surface area contributed by atoms with Crippen LogP contribution in [0, 0.1) is 6.92 Å². The Morgan fingerprint density at radius 3 is 2.26 bits per heavy atom. The highest BCUT2D eigenvalue weighted by atomic mass is 16.2. The highest BCUT2D eigenvalue weighted by molar-refractivity contribution is 6.14. The van der Waals surface area contributed by atoms with E-state index in [0.29, 0.717) is 23.0 Å². The largest absolute Gasteiger partial charge is 0.323 e. The van der Waals surface area contributed by atoms with Gasteiger partial charge in [0.1, 0.15) is 0 Å². The van der Waals surface area contributed by atoms with Gasteiger partial charge in [-0.1, -0.05) is 54.6 Å². The molecule has 3 aliphatic rings. The van der Waals surface area contributed by atoms with Gasteiger partial charge in [-0.05, 0) is 47.7 Å². The first-order valence-electron chi connectivity index (χ1n) is 10.9. The molecule has 1 atom stereocenters. The summed E-state index contributed by atoms with van der Waals surface area (Å²) in [7, 11) is 0. The van der Waals surface area contributed by atoms with E-state index in [1.807, 2.05) is 91.9 Å². The van der Waals surface area contributed by atoms with E-state index in [2.05, 4.69) is 15.8 Å². The number of carbonyl (C=O) groups is 1. The maximum atomic E-state index is 13.9. The summed E-state index contributed by atoms with van der Waals surface area (Å²) in [5.41, 5.74) is 3.27. The number of amides is 1. The number of benzene rings is 3. The van der Waals surface area contributed by atoms with Crippen molar-refractivity contribution in [2.75, 3.05) is 10.3 Å². The Kier molecular flexibility index (Phi) is 3.65. The molecular formula is C25H18N8O. The van der Waals surface area contributed by atoms with Crippen molar-refractivity contribution >= 4 is 29.1 Å². The predicted molar refractivity (Wildman–Crippen MR) is 127 cm³/mol. The molecule has 3 aliphatic heterocycles. The number of nitrogens with zero attached hydrogens (tertiary/aromatic N) is 7. The van der Waals surface area contributed by atoms with Crippen molar-refractivity contribution in [1.29, 1.82) is 0 Å². The smallest absolute Gasteiger partial charge is 0.262 e. The molecular weight excluding hydrogens is 428 g/mol. The van der Waals surface area contributed by atoms with E-state index >= 15 is 0 Å². The fourth-order valence-electron chi connectivity index (χ4n) is 4.99. The summed E-state index contributed by atoms with van der Waals surface area (Å²) >= 11 is 0. The second-order valence-corrected chi connectivity index (χ2v) is 8.29. The van der Waals surface area contributed by atoms with Crippen LogP contribution in [0.25, 0.3) is 5.69 Å². The SMILES string of the molecule is Cc1nn(-c2ccccc2)c2c1[C@@]1(C(=O)Nc3ccccc31)N1N=NN(c3ccccc3)C1=N2. The summed E-state index contributed by atoms with van der Waals surface area (Å²) < 4.78 is 1.78. The molecule has 0 aliphatic carbocycles. The number of nitrogens with one attached hydrogen (secondary N) is 1. The van der Waals surface area contributed by atoms with Gasteiger partial charge in [0, 0.05) is 11.3 Å². The predicted octanol–water partition coefficient (Wildman–Crippen LogP) is 4.48. The Morgan fingerprint density at radius 2 is 1.50 bits per heavy atom. The Labute approximate surface area is 194 Å². The van der Waals surface area contributed by atoms with E-state index in [-0.39, 0.29) is 5.91 Å². The molecule has 0 saturated carbocycles. The van der Waals surface area contributed by atoms with E-state index in [1.54, 1.807) is 14.7 Å². The number of aromatic nitrogens is 2. The van der Waals surface area contributed by atoms with Crippen LogP contribution >= 0.6 is 0 Å². The summed E-state index contributed by atoms with van der Waals surface area (Å²) in [6, 6.07) is 27.1. The third-order valence-electron chi connectivity index (χ3n) is 6.41. The molecule has 0 radical (unpaired) electrons. The zero-order valence-corrected chi connectivity index (χ0v) is 18.1. The molecule has 7 rings (SSSR count). The fraction of sp³-hybridized carbons (Fsp3) is 0.0800. The van der Waals surface area contributed by atoms with E-state index in [4.69, 9.17) is 10.1 Å². The molecule has 9 heteroatoms. The summed E-state index contributed by atoms with van der Waals surface area (Å²) in [5.74, 6) is 0.796. The summed E-state index contributed by atoms with van der Waals surface area (Å²) in [6.45, 7) is 1.90. The zero-order valence-electron chi connectivity index (χ0n) is 18.1. The molecule has 34 heavy (non-hydrogen) atoms. The van der Waals surface area contributed by atoms with Crippen LogP contribution in [0.5, 0.6) is 0 Å². The van der Waals surface area contributed by atoms with Crippen LogP contribution in [0.1, 0.15) is 16.8 Å². The monoisotopic (exact) mass is 446 g/mol. The minimum absolute atomic E-state index is 0.216. The second-order valence-electron chi connectivity index (χ2n) is 8.29. The third-order valence-corrected chi connectivity index (χ3v) is 6.41. The van der Waals surface area contributed by atoms with Crippen molar-refractivity contribution in [1.82, 2.24) is 14.8 Å². The van der Waals surface area contributed by atoms with Crippen molar-refractivity contribution in [3.8, 4) is 5.69 Å². The van der Waals surface area contributed by atoms with Crippen LogP contribution in [0.3, 0.4) is 0 Å². The van der Waals surface area contributed by atoms with Crippen molar-refractivity contribution < 1.29 is 4.79 Å². The Balaban J connectivity index is 1.56. The van der Waals surface area contributed by atoms with Gasteiger partial charge >= 0.3 is 0 Å². The highest BCUT2D eigenvalue weighted by Crippen LogP contribution is 2.53. The Morgan fingerprint density at radius 1 is 0.824 bits per heavy atom. The van der Waals surface area contributed by atoms with Crippen molar-refractivity contribution in [2.45, 2.75) is 12.5 Å². The van der Waals surface area contributed by atoms with Gasteiger partial charge < -0.3 is 5.32 Å². The van der Waals surface area contributed by atoms with Gasteiger partial charge in [0.25, 0.3) is 11.9 Å². The number of guanidine groups is 1. The lowest BCUT2D eigenvalue weighted by Crippen LogP contribution is -2.54. The number of aryl methyl sites for hydroxylation is 1. The zero-order chi connectivity index (χ0) is 22.9. The van der Waals surface area contributed by atoms with Crippen LogP contribution in [0.2, 0.25) is 0 Å². The first-order valence-corrected chi connectivity index (χ1v) is 10.9. The average Bonchev–Trinajstić information content (AvgIpc) is 3.54. The van der Waals surface area contributed by atoms with Crippen LogP contribution in [0.4, 0.5) is 17.2 Å². The number of fused-ring (bicyclic) bond motifs is 6. The third kappa shape index (κ3) is 2.25. The molecule has 4 heterocycles. The van der Waals surface area contributed by atoms with E-state index in [1.165, 1.54) is 0 Å². The van der Waals surface area contributed by atoms with Crippen LogP contribution < -0.4 is 10.3 Å². The minimum Gasteiger partial charge on any atom is -0.323 e. The maximum Gasteiger partial charge on any atom is 0.262 e. The van der Waals surface area contributed by atoms with E-state index in [9.17, 15) is 4.79 Å². The molecule has 1 aromatic heterocycles. The highest BCUT2D eigenvalue weighted by Gasteiger charge is 2.62. The molecule has 3 aromatic carbocycles. The van der Waals surface area contributed by atoms with Crippen molar-refractivity contribution in [3.63, 3.8) is 0 Å². The fourth-order valence-corrected chi connectivity index (χ4v) is 4.99. The topological polar surface area (TPSA) is 90.5 Å². The van der Waals surface area contributed by atoms with Gasteiger partial charge in [-0.2, -0.15) is 20.1 Å². The number of anilines is 2. The molecule has 9 nitrogen and oxygen atoms in total. The number of para-hydroxylation sites is 3. The molecule has 1 N–H and O–H groups in total. The van der Waals surface area contributed by atoms with Gasteiger partial charge in [-0.25, -0.2) is 4.68 Å². The first kappa shape index (κ1) is 18.8. The number of hydrogen-bond acceptors (Lipinski definition) is 7. The minimum atomic E-state index is -1.28. The molecule has 0 bridgehead atoms. The molecule has 0 saturated heterocycles. The lowest BCUT2D eigenvalue weighted by Gasteiger charge is -2.37. The number of carbonyl (C=O) groups excluding carboxylic acids is 1. The molecule has 1 spiro atoms. The molecule has 1 amide bonds. The molecule has 0 fully saturated rings. The van der Waals surface area contributed by atoms with Crippen LogP contribution in [0.15, 0.2) is 100 Å². The molecule has 0 unspecified atom stereocenters. The van der Waals surface area contributed by atoms with Gasteiger partial charge in [-0.15, -0.1) is 0 Å². The van der Waals surface area contributed by atoms with E-state index in [0.717, 1.165) is 22.6 Å². The van der Waals surface area contributed by atoms with Crippen molar-refractivity contribution in [3.05, 3.63) is 102 Å². The summed E-state index contributed by atoms with van der Waals surface area (Å²) in [5, 5.41) is 20.0. The Bertz CT molecular complexity index is 1530. The van der Waals surface area contributed by atoms with Gasteiger partial charge in [0.2, 0.25) is 5.54 Å². The average molecular weight is 446 g/mol. The molecule has 4 aromatic rings. The molecule has 164 valence electrons. The number of rotatable bonds is 2. The van der Waals surface area contributed by atoms with Crippen molar-refractivity contribution in [2.24, 2.45) is 15.4 Å².